The second-order valence-electron chi connectivity index (χ2n) is 10.4. The molecule has 0 aromatic heterocycles. The first-order valence-corrected chi connectivity index (χ1v) is 17.1. The number of hydrogen-bond donors (Lipinski definition) is 0. The summed E-state index contributed by atoms with van der Waals surface area (Å²) in [6, 6.07) is 6.82. The van der Waals surface area contributed by atoms with Crippen LogP contribution < -0.4 is 0 Å². The van der Waals surface area contributed by atoms with Crippen LogP contribution in [-0.2, 0) is 52.1 Å². The Kier molecular flexibility index (Phi) is 27.1. The minimum absolute atomic E-state index is 0.215. The van der Waals surface area contributed by atoms with Gasteiger partial charge in [0.2, 0.25) is 0 Å². The van der Waals surface area contributed by atoms with Gasteiger partial charge in [0.15, 0.2) is 0 Å². The van der Waals surface area contributed by atoms with Crippen LogP contribution in [0.1, 0.15) is 40.5 Å². The summed E-state index contributed by atoms with van der Waals surface area (Å²) < 4.78 is 60.1. The minimum atomic E-state index is -0.277. The molecule has 0 spiro atoms. The zero-order valence-corrected chi connectivity index (χ0v) is 28.7. The summed E-state index contributed by atoms with van der Waals surface area (Å²) in [6.45, 7) is 13.4. The highest BCUT2D eigenvalue weighted by atomic mass is 16.6. The highest BCUT2D eigenvalue weighted by Gasteiger charge is 2.34. The number of imide groups is 1. The molecule has 1 aromatic carbocycles. The van der Waals surface area contributed by atoms with E-state index >= 15 is 0 Å². The molecule has 0 fully saturated rings. The number of nitrogens with zero attached hydrogens (tertiary/aromatic N) is 1. The fourth-order valence-electron chi connectivity index (χ4n) is 4.15. The molecule has 0 saturated heterocycles. The second-order valence-corrected chi connectivity index (χ2v) is 10.4. The van der Waals surface area contributed by atoms with Crippen LogP contribution in [0.25, 0.3) is 0 Å². The third kappa shape index (κ3) is 21.1. The number of unbranched alkanes of at least 4 members (excludes halogenated alkanes) is 1. The van der Waals surface area contributed by atoms with Crippen LogP contribution in [0.4, 0.5) is 0 Å². The summed E-state index contributed by atoms with van der Waals surface area (Å²) >= 11 is 0. The third-order valence-corrected chi connectivity index (χ3v) is 6.70. The van der Waals surface area contributed by atoms with E-state index in [0.29, 0.717) is 143 Å². The lowest BCUT2D eigenvalue weighted by Gasteiger charge is -2.13. The van der Waals surface area contributed by atoms with Gasteiger partial charge < -0.3 is 52.1 Å². The van der Waals surface area contributed by atoms with Gasteiger partial charge in [0.25, 0.3) is 11.8 Å². The maximum absolute atomic E-state index is 12.3. The van der Waals surface area contributed by atoms with Crippen LogP contribution in [0.2, 0.25) is 0 Å². The van der Waals surface area contributed by atoms with E-state index in [1.165, 1.54) is 4.90 Å². The maximum Gasteiger partial charge on any atom is 0.261 e. The van der Waals surface area contributed by atoms with Gasteiger partial charge in [-0.15, -0.1) is 0 Å². The normalized spacial score (nSPS) is 12.8. The molecule has 48 heavy (non-hydrogen) atoms. The lowest BCUT2D eigenvalue weighted by atomic mass is 10.1. The molecular weight excluding hydrogens is 630 g/mol. The van der Waals surface area contributed by atoms with Crippen molar-refractivity contribution in [3.63, 3.8) is 0 Å². The Balaban J connectivity index is 1.17. The third-order valence-electron chi connectivity index (χ3n) is 6.70. The summed E-state index contributed by atoms with van der Waals surface area (Å²) in [6.07, 6.45) is 2.23. The van der Waals surface area contributed by atoms with Crippen molar-refractivity contribution in [3.05, 3.63) is 35.4 Å². The molecule has 276 valence electrons. The lowest BCUT2D eigenvalue weighted by Crippen LogP contribution is -2.33. The molecule has 0 aliphatic carbocycles. The van der Waals surface area contributed by atoms with Crippen LogP contribution in [0.5, 0.6) is 0 Å². The first-order valence-electron chi connectivity index (χ1n) is 17.1. The molecule has 2 rings (SSSR count). The molecule has 1 aromatic rings. The Hall–Kier alpha value is -2.08. The molecule has 0 bridgehead atoms. The molecule has 0 saturated carbocycles. The van der Waals surface area contributed by atoms with Gasteiger partial charge >= 0.3 is 0 Å². The second kappa shape index (κ2) is 30.9. The molecule has 2 amide bonds. The van der Waals surface area contributed by atoms with Gasteiger partial charge in [-0.05, 0) is 18.6 Å². The van der Waals surface area contributed by atoms with E-state index in [-0.39, 0.29) is 25.0 Å². The number of carbonyl (C=O) groups is 2. The van der Waals surface area contributed by atoms with Crippen LogP contribution in [0, 0.1) is 0 Å². The molecule has 1 aliphatic heterocycles. The number of fused-ring (bicyclic) bond motifs is 1. The average Bonchev–Trinajstić information content (AvgIpc) is 3.34. The topological polar surface area (TPSA) is 139 Å². The quantitative estimate of drug-likeness (QED) is 0.0754. The number of ether oxygens (including phenoxy) is 11. The van der Waals surface area contributed by atoms with Gasteiger partial charge in [0, 0.05) is 6.61 Å². The fraction of sp³-hybridized carbons (Fsp3) is 0.765. The standard InChI is InChI=1S/C34H57NO13/c1-2-3-9-38-11-13-40-15-17-42-19-21-44-23-25-46-27-29-48-30-28-47-26-24-45-22-20-43-18-16-41-14-12-39-10-8-35-33(36)31-6-4-5-7-32(31)34(35)37/h4-7H,2-3,8-30H2,1H3. The highest BCUT2D eigenvalue weighted by Crippen LogP contribution is 2.21. The van der Waals surface area contributed by atoms with Crippen LogP contribution in [-0.4, -0.2) is 169 Å². The highest BCUT2D eigenvalue weighted by molar-refractivity contribution is 6.21. The summed E-state index contributed by atoms with van der Waals surface area (Å²) in [5, 5.41) is 0. The Morgan fingerprint density at radius 1 is 0.396 bits per heavy atom. The molecule has 0 radical (unpaired) electrons. The van der Waals surface area contributed by atoms with Crippen molar-refractivity contribution < 1.29 is 61.7 Å². The van der Waals surface area contributed by atoms with Gasteiger partial charge in [-0.25, -0.2) is 0 Å². The van der Waals surface area contributed by atoms with Crippen LogP contribution in [0.15, 0.2) is 24.3 Å². The van der Waals surface area contributed by atoms with Gasteiger partial charge in [-0.2, -0.15) is 0 Å². The van der Waals surface area contributed by atoms with E-state index in [4.69, 9.17) is 52.1 Å². The van der Waals surface area contributed by atoms with E-state index in [9.17, 15) is 9.59 Å². The van der Waals surface area contributed by atoms with Crippen molar-refractivity contribution in [1.82, 2.24) is 4.90 Å². The van der Waals surface area contributed by atoms with Crippen molar-refractivity contribution in [2.24, 2.45) is 0 Å². The molecule has 1 aliphatic rings. The molecule has 0 atom stereocenters. The summed E-state index contributed by atoms with van der Waals surface area (Å²) in [5.74, 6) is -0.553. The number of carbonyl (C=O) groups excluding carboxylic acids is 2. The Bertz CT molecular complexity index is 888. The average molecular weight is 688 g/mol. The molecular formula is C34H57NO13. The van der Waals surface area contributed by atoms with Crippen molar-refractivity contribution >= 4 is 11.8 Å². The van der Waals surface area contributed by atoms with Gasteiger partial charge in [0.1, 0.15) is 0 Å². The summed E-state index contributed by atoms with van der Waals surface area (Å²) in [4.78, 5) is 25.8. The predicted octanol–water partition coefficient (Wildman–Crippen LogP) is 2.27. The van der Waals surface area contributed by atoms with Crippen molar-refractivity contribution in [1.29, 1.82) is 0 Å². The largest absolute Gasteiger partial charge is 0.379 e. The number of benzene rings is 1. The summed E-state index contributed by atoms with van der Waals surface area (Å²) in [5.41, 5.74) is 0.886. The number of amides is 2. The van der Waals surface area contributed by atoms with E-state index in [2.05, 4.69) is 6.92 Å². The maximum atomic E-state index is 12.3. The van der Waals surface area contributed by atoms with E-state index in [1.54, 1.807) is 24.3 Å². The Labute approximate surface area is 285 Å². The Morgan fingerprint density at radius 2 is 0.646 bits per heavy atom. The lowest BCUT2D eigenvalue weighted by molar-refractivity contribution is -0.0276. The molecule has 14 heteroatoms. The number of rotatable bonds is 36. The monoisotopic (exact) mass is 687 g/mol. The predicted molar refractivity (Wildman–Crippen MR) is 176 cm³/mol. The zero-order valence-electron chi connectivity index (χ0n) is 28.7. The molecule has 0 N–H and O–H groups in total. The smallest absolute Gasteiger partial charge is 0.261 e. The molecule has 14 nitrogen and oxygen atoms in total. The molecule has 1 heterocycles. The first-order chi connectivity index (χ1) is 23.8. The summed E-state index contributed by atoms with van der Waals surface area (Å²) in [7, 11) is 0. The van der Waals surface area contributed by atoms with Crippen molar-refractivity contribution in [3.8, 4) is 0 Å². The van der Waals surface area contributed by atoms with Crippen molar-refractivity contribution in [2.75, 3.05) is 152 Å². The number of hydrogen-bond acceptors (Lipinski definition) is 13. The zero-order chi connectivity index (χ0) is 34.2. The SMILES string of the molecule is CCCCOCCOCCOCCOCCOCCOCCOCCOCCOCCOCCOCCN1C(=O)c2ccccc2C1=O. The van der Waals surface area contributed by atoms with Crippen LogP contribution >= 0.6 is 0 Å². The van der Waals surface area contributed by atoms with Gasteiger partial charge in [-0.3, -0.25) is 14.5 Å². The van der Waals surface area contributed by atoms with Crippen LogP contribution in [0.3, 0.4) is 0 Å². The first kappa shape index (κ1) is 42.1. The van der Waals surface area contributed by atoms with Crippen molar-refractivity contribution in [2.45, 2.75) is 19.8 Å². The van der Waals surface area contributed by atoms with Gasteiger partial charge in [0.05, 0.1) is 156 Å². The van der Waals surface area contributed by atoms with E-state index in [0.717, 1.165) is 19.4 Å². The van der Waals surface area contributed by atoms with E-state index in [1.807, 2.05) is 0 Å². The minimum Gasteiger partial charge on any atom is -0.379 e. The van der Waals surface area contributed by atoms with Gasteiger partial charge in [-0.1, -0.05) is 25.5 Å². The Morgan fingerprint density at radius 3 is 0.917 bits per heavy atom. The fourth-order valence-corrected chi connectivity index (χ4v) is 4.15. The molecule has 0 unspecified atom stereocenters. The van der Waals surface area contributed by atoms with E-state index < -0.39 is 0 Å².